The van der Waals surface area contributed by atoms with Crippen molar-refractivity contribution in [3.63, 3.8) is 0 Å². The molecule has 0 fully saturated rings. The number of benzene rings is 1. The maximum absolute atomic E-state index is 10.9. The summed E-state index contributed by atoms with van der Waals surface area (Å²) in [6.45, 7) is 6.06. The summed E-state index contributed by atoms with van der Waals surface area (Å²) in [4.78, 5) is 12.8. The van der Waals surface area contributed by atoms with Gasteiger partial charge >= 0.3 is 5.97 Å². The molecule has 0 aliphatic carbocycles. The second-order valence-electron chi connectivity index (χ2n) is 5.03. The molecule has 2 rings (SSSR count). The molecule has 1 aromatic rings. The summed E-state index contributed by atoms with van der Waals surface area (Å²) in [5.74, 6) is -0.302. The van der Waals surface area contributed by atoms with Crippen LogP contribution in [0.1, 0.15) is 31.7 Å². The third kappa shape index (κ3) is 2.75. The van der Waals surface area contributed by atoms with Gasteiger partial charge in [-0.05, 0) is 30.0 Å². The van der Waals surface area contributed by atoms with Gasteiger partial charge < -0.3 is 15.3 Å². The fourth-order valence-corrected chi connectivity index (χ4v) is 2.27. The van der Waals surface area contributed by atoms with Crippen LogP contribution in [0, 0.1) is 0 Å². The second-order valence-corrected chi connectivity index (χ2v) is 5.03. The normalized spacial score (nSPS) is 14.9. The first kappa shape index (κ1) is 12.7. The molecule has 18 heavy (non-hydrogen) atoms. The number of hydrogen-bond acceptors (Lipinski definition) is 3. The van der Waals surface area contributed by atoms with Crippen LogP contribution in [-0.4, -0.2) is 30.7 Å². The summed E-state index contributed by atoms with van der Waals surface area (Å²) >= 11 is 0. The Morgan fingerprint density at radius 1 is 1.50 bits per heavy atom. The van der Waals surface area contributed by atoms with Gasteiger partial charge in [-0.1, -0.05) is 19.9 Å². The molecule has 1 heterocycles. The molecule has 0 saturated heterocycles. The lowest BCUT2D eigenvalue weighted by Gasteiger charge is -2.23. The van der Waals surface area contributed by atoms with Crippen LogP contribution in [0.2, 0.25) is 0 Å². The summed E-state index contributed by atoms with van der Waals surface area (Å²) in [6, 6.07) is 6.26. The number of fused-ring (bicyclic) bond motifs is 1. The van der Waals surface area contributed by atoms with Gasteiger partial charge in [0, 0.05) is 13.1 Å². The third-order valence-corrected chi connectivity index (χ3v) is 3.27. The molecule has 4 heteroatoms. The van der Waals surface area contributed by atoms with Crippen molar-refractivity contribution in [2.75, 3.05) is 29.9 Å². The van der Waals surface area contributed by atoms with E-state index >= 15 is 0 Å². The van der Waals surface area contributed by atoms with Crippen LogP contribution in [0.4, 0.5) is 11.4 Å². The van der Waals surface area contributed by atoms with Gasteiger partial charge in [-0.15, -0.1) is 0 Å². The van der Waals surface area contributed by atoms with E-state index < -0.39 is 5.97 Å². The van der Waals surface area contributed by atoms with Crippen LogP contribution < -0.4 is 10.2 Å². The van der Waals surface area contributed by atoms with Crippen LogP contribution in [0.3, 0.4) is 0 Å². The largest absolute Gasteiger partial charge is 0.480 e. The highest BCUT2D eigenvalue weighted by Gasteiger charge is 2.17. The van der Waals surface area contributed by atoms with Gasteiger partial charge in [0.05, 0.1) is 11.4 Å². The molecule has 0 aromatic heterocycles. The number of carboxylic acids is 1. The van der Waals surface area contributed by atoms with Gasteiger partial charge in [-0.2, -0.15) is 0 Å². The zero-order chi connectivity index (χ0) is 13.1. The quantitative estimate of drug-likeness (QED) is 0.863. The van der Waals surface area contributed by atoms with Gasteiger partial charge in [0.1, 0.15) is 6.54 Å². The average molecular weight is 248 g/mol. The minimum atomic E-state index is -0.782. The van der Waals surface area contributed by atoms with Crippen molar-refractivity contribution in [3.05, 3.63) is 23.8 Å². The van der Waals surface area contributed by atoms with Crippen molar-refractivity contribution in [2.45, 2.75) is 26.2 Å². The fraction of sp³-hybridized carbons (Fsp3) is 0.500. The highest BCUT2D eigenvalue weighted by molar-refractivity contribution is 5.79. The lowest BCUT2D eigenvalue weighted by Crippen LogP contribution is -2.30. The molecule has 0 amide bonds. The SMILES string of the molecule is CC(C)c1ccc2c(c1)NCCCN2CC(=O)O. The number of carbonyl (C=O) groups is 1. The van der Waals surface area contributed by atoms with E-state index in [0.717, 1.165) is 30.9 Å². The van der Waals surface area contributed by atoms with Crippen molar-refractivity contribution >= 4 is 17.3 Å². The summed E-state index contributed by atoms with van der Waals surface area (Å²) in [6.07, 6.45) is 0.957. The Morgan fingerprint density at radius 3 is 2.94 bits per heavy atom. The molecule has 1 aliphatic rings. The lowest BCUT2D eigenvalue weighted by atomic mass is 10.0. The molecule has 1 aliphatic heterocycles. The lowest BCUT2D eigenvalue weighted by molar-refractivity contribution is -0.135. The van der Waals surface area contributed by atoms with Crippen LogP contribution in [0.5, 0.6) is 0 Å². The number of rotatable bonds is 3. The minimum absolute atomic E-state index is 0.0652. The van der Waals surface area contributed by atoms with Crippen molar-refractivity contribution in [2.24, 2.45) is 0 Å². The topological polar surface area (TPSA) is 52.6 Å². The molecule has 0 spiro atoms. The monoisotopic (exact) mass is 248 g/mol. The number of nitrogens with one attached hydrogen (secondary N) is 1. The zero-order valence-electron chi connectivity index (χ0n) is 10.9. The van der Waals surface area contributed by atoms with E-state index in [9.17, 15) is 4.79 Å². The van der Waals surface area contributed by atoms with Crippen LogP contribution in [0.15, 0.2) is 18.2 Å². The standard InChI is InChI=1S/C14H20N2O2/c1-10(2)11-4-5-13-12(8-11)15-6-3-7-16(13)9-14(17)18/h4-5,8,10,15H,3,6-7,9H2,1-2H3,(H,17,18). The average Bonchev–Trinajstić information content (AvgIpc) is 2.50. The van der Waals surface area contributed by atoms with Crippen LogP contribution in [-0.2, 0) is 4.79 Å². The van der Waals surface area contributed by atoms with E-state index in [-0.39, 0.29) is 6.54 Å². The number of anilines is 2. The second kappa shape index (κ2) is 5.29. The molecule has 0 atom stereocenters. The maximum Gasteiger partial charge on any atom is 0.323 e. The Morgan fingerprint density at radius 2 is 2.28 bits per heavy atom. The van der Waals surface area contributed by atoms with Crippen molar-refractivity contribution < 1.29 is 9.90 Å². The molecular formula is C14H20N2O2. The molecule has 0 radical (unpaired) electrons. The maximum atomic E-state index is 10.9. The van der Waals surface area contributed by atoms with Crippen LogP contribution in [0.25, 0.3) is 0 Å². The molecule has 4 nitrogen and oxygen atoms in total. The first-order chi connectivity index (χ1) is 8.58. The smallest absolute Gasteiger partial charge is 0.323 e. The Bertz CT molecular complexity index is 443. The van der Waals surface area contributed by atoms with Gasteiger partial charge in [-0.3, -0.25) is 4.79 Å². The van der Waals surface area contributed by atoms with Gasteiger partial charge in [0.15, 0.2) is 0 Å². The summed E-state index contributed by atoms with van der Waals surface area (Å²) < 4.78 is 0. The van der Waals surface area contributed by atoms with Crippen molar-refractivity contribution in [1.82, 2.24) is 0 Å². The molecule has 2 N–H and O–H groups in total. The van der Waals surface area contributed by atoms with E-state index in [1.54, 1.807) is 0 Å². The van der Waals surface area contributed by atoms with Gasteiger partial charge in [0.25, 0.3) is 0 Å². The van der Waals surface area contributed by atoms with Crippen molar-refractivity contribution in [1.29, 1.82) is 0 Å². The number of carboxylic acid groups (broad SMARTS) is 1. The molecular weight excluding hydrogens is 228 g/mol. The molecule has 0 bridgehead atoms. The number of nitrogens with zero attached hydrogens (tertiary/aromatic N) is 1. The molecule has 1 aromatic carbocycles. The highest BCUT2D eigenvalue weighted by atomic mass is 16.4. The van der Waals surface area contributed by atoms with E-state index in [1.165, 1.54) is 5.56 Å². The van der Waals surface area contributed by atoms with E-state index in [4.69, 9.17) is 5.11 Å². The summed E-state index contributed by atoms with van der Waals surface area (Å²) in [5, 5.41) is 12.4. The third-order valence-electron chi connectivity index (χ3n) is 3.27. The number of aliphatic carboxylic acids is 1. The minimum Gasteiger partial charge on any atom is -0.480 e. The van der Waals surface area contributed by atoms with Crippen molar-refractivity contribution in [3.8, 4) is 0 Å². The first-order valence-electron chi connectivity index (χ1n) is 6.42. The Labute approximate surface area is 108 Å². The van der Waals surface area contributed by atoms with E-state index in [1.807, 2.05) is 11.0 Å². The number of hydrogen-bond donors (Lipinski definition) is 2. The predicted molar refractivity (Wildman–Crippen MR) is 73.5 cm³/mol. The van der Waals surface area contributed by atoms with Gasteiger partial charge in [0.2, 0.25) is 0 Å². The van der Waals surface area contributed by atoms with Gasteiger partial charge in [-0.25, -0.2) is 0 Å². The van der Waals surface area contributed by atoms with Crippen LogP contribution >= 0.6 is 0 Å². The highest BCUT2D eigenvalue weighted by Crippen LogP contribution is 2.31. The Balaban J connectivity index is 2.33. The molecule has 0 saturated carbocycles. The Hall–Kier alpha value is -1.71. The predicted octanol–water partition coefficient (Wildman–Crippen LogP) is 2.52. The first-order valence-corrected chi connectivity index (χ1v) is 6.42. The fourth-order valence-electron chi connectivity index (χ4n) is 2.27. The van der Waals surface area contributed by atoms with E-state index in [2.05, 4.69) is 31.3 Å². The Kier molecular flexibility index (Phi) is 3.75. The molecule has 0 unspecified atom stereocenters. The summed E-state index contributed by atoms with van der Waals surface area (Å²) in [7, 11) is 0. The zero-order valence-corrected chi connectivity index (χ0v) is 10.9. The van der Waals surface area contributed by atoms with E-state index in [0.29, 0.717) is 5.92 Å². The summed E-state index contributed by atoms with van der Waals surface area (Å²) in [5.41, 5.74) is 3.33. The molecule has 98 valence electrons.